The molecule has 6 nitrogen and oxygen atoms in total. The fourth-order valence-electron chi connectivity index (χ4n) is 3.14. The zero-order valence-electron chi connectivity index (χ0n) is 15.3. The maximum Gasteiger partial charge on any atom is 0.237 e. The van der Waals surface area contributed by atoms with Gasteiger partial charge < -0.3 is 11.1 Å². The molecule has 1 fully saturated rings. The van der Waals surface area contributed by atoms with Crippen LogP contribution in [0, 0.1) is 0 Å². The molecule has 2 unspecified atom stereocenters. The lowest BCUT2D eigenvalue weighted by Gasteiger charge is -2.36. The molecule has 1 amide bonds. The number of likely N-dealkylation sites (tertiary alicyclic amines) is 1. The van der Waals surface area contributed by atoms with Gasteiger partial charge in [-0.25, -0.2) is 8.42 Å². The van der Waals surface area contributed by atoms with Crippen LogP contribution >= 0.6 is 12.4 Å². The van der Waals surface area contributed by atoms with E-state index in [0.29, 0.717) is 12.6 Å². The standard InChI is InChI=1S/C18H29N3O3S.ClH/c1-25(23,24)12-10-17(19)18(22)20-13-16-9-5-6-11-21(16)14-15-7-3-2-4-8-15;/h2-4,7-8,16-17H,5-6,9-14,19H2,1H3,(H,20,22);1H. The monoisotopic (exact) mass is 403 g/mol. The van der Waals surface area contributed by atoms with Crippen LogP contribution in [0.1, 0.15) is 31.2 Å². The fourth-order valence-corrected chi connectivity index (χ4v) is 3.82. The Labute approximate surface area is 162 Å². The van der Waals surface area contributed by atoms with Gasteiger partial charge in [-0.15, -0.1) is 12.4 Å². The lowest BCUT2D eigenvalue weighted by atomic mass is 10.0. The molecule has 0 spiro atoms. The first-order valence-electron chi connectivity index (χ1n) is 8.84. The Bertz CT molecular complexity index is 655. The van der Waals surface area contributed by atoms with Gasteiger partial charge in [-0.05, 0) is 31.4 Å². The third kappa shape index (κ3) is 8.03. The summed E-state index contributed by atoms with van der Waals surface area (Å²) in [6.45, 7) is 2.45. The van der Waals surface area contributed by atoms with E-state index in [0.717, 1.165) is 32.2 Å². The van der Waals surface area contributed by atoms with E-state index < -0.39 is 15.9 Å². The minimum atomic E-state index is -3.10. The number of halogens is 1. The van der Waals surface area contributed by atoms with Crippen LogP contribution < -0.4 is 11.1 Å². The summed E-state index contributed by atoms with van der Waals surface area (Å²) in [5.41, 5.74) is 7.08. The van der Waals surface area contributed by atoms with Crippen LogP contribution in [0.15, 0.2) is 30.3 Å². The lowest BCUT2D eigenvalue weighted by molar-refractivity contribution is -0.122. The van der Waals surface area contributed by atoms with Crippen molar-refractivity contribution in [2.24, 2.45) is 5.73 Å². The van der Waals surface area contributed by atoms with E-state index in [9.17, 15) is 13.2 Å². The number of piperidine rings is 1. The number of hydrogen-bond acceptors (Lipinski definition) is 5. The Morgan fingerprint density at radius 3 is 2.65 bits per heavy atom. The van der Waals surface area contributed by atoms with Gasteiger partial charge in [0.05, 0.1) is 11.8 Å². The second-order valence-electron chi connectivity index (χ2n) is 6.88. The smallest absolute Gasteiger partial charge is 0.237 e. The maximum atomic E-state index is 12.1. The van der Waals surface area contributed by atoms with Crippen LogP contribution in [0.4, 0.5) is 0 Å². The third-order valence-electron chi connectivity index (χ3n) is 4.63. The summed E-state index contributed by atoms with van der Waals surface area (Å²) >= 11 is 0. The molecule has 26 heavy (non-hydrogen) atoms. The summed E-state index contributed by atoms with van der Waals surface area (Å²) in [5.74, 6) is -0.334. The summed E-state index contributed by atoms with van der Waals surface area (Å²) in [6.07, 6.45) is 4.69. The largest absolute Gasteiger partial charge is 0.353 e. The van der Waals surface area contributed by atoms with E-state index in [1.807, 2.05) is 18.2 Å². The van der Waals surface area contributed by atoms with Gasteiger partial charge in [-0.2, -0.15) is 0 Å². The number of carbonyl (C=O) groups excluding carboxylic acids is 1. The molecule has 8 heteroatoms. The molecule has 0 radical (unpaired) electrons. The topological polar surface area (TPSA) is 92.5 Å². The minimum absolute atomic E-state index is 0. The Kier molecular flexibility index (Phi) is 9.57. The van der Waals surface area contributed by atoms with E-state index in [-0.39, 0.29) is 30.5 Å². The highest BCUT2D eigenvalue weighted by Crippen LogP contribution is 2.19. The normalized spacial score (nSPS) is 19.4. The average molecular weight is 404 g/mol. The van der Waals surface area contributed by atoms with Crippen molar-refractivity contribution in [3.63, 3.8) is 0 Å². The van der Waals surface area contributed by atoms with Gasteiger partial charge >= 0.3 is 0 Å². The zero-order valence-corrected chi connectivity index (χ0v) is 16.9. The number of nitrogens with zero attached hydrogens (tertiary/aromatic N) is 1. The average Bonchev–Trinajstić information content (AvgIpc) is 2.59. The van der Waals surface area contributed by atoms with Gasteiger partial charge in [0.15, 0.2) is 0 Å². The van der Waals surface area contributed by atoms with Crippen molar-refractivity contribution in [3.05, 3.63) is 35.9 Å². The molecule has 1 saturated heterocycles. The summed E-state index contributed by atoms with van der Waals surface area (Å²) in [7, 11) is -3.10. The van der Waals surface area contributed by atoms with Gasteiger partial charge in [0.1, 0.15) is 9.84 Å². The van der Waals surface area contributed by atoms with Crippen molar-refractivity contribution in [2.45, 2.75) is 44.3 Å². The molecule has 148 valence electrons. The molecule has 2 rings (SSSR count). The molecule has 0 aromatic heterocycles. The quantitative estimate of drug-likeness (QED) is 0.683. The molecular weight excluding hydrogens is 374 g/mol. The highest BCUT2D eigenvalue weighted by atomic mass is 35.5. The molecule has 3 N–H and O–H groups in total. The van der Waals surface area contributed by atoms with E-state index in [1.165, 1.54) is 12.0 Å². The predicted octanol–water partition coefficient (Wildman–Crippen LogP) is 1.34. The van der Waals surface area contributed by atoms with Crippen LogP contribution in [-0.2, 0) is 21.2 Å². The van der Waals surface area contributed by atoms with Crippen molar-refractivity contribution >= 4 is 28.2 Å². The molecule has 2 atom stereocenters. The Hall–Kier alpha value is -1.15. The van der Waals surface area contributed by atoms with Crippen molar-refractivity contribution in [2.75, 3.05) is 25.1 Å². The molecule has 1 aromatic carbocycles. The second kappa shape index (κ2) is 10.9. The van der Waals surface area contributed by atoms with E-state index >= 15 is 0 Å². The summed E-state index contributed by atoms with van der Waals surface area (Å²) in [6, 6.07) is 9.83. The first-order valence-corrected chi connectivity index (χ1v) is 10.9. The number of hydrogen-bond donors (Lipinski definition) is 2. The van der Waals surface area contributed by atoms with Gasteiger partial charge in [0.25, 0.3) is 0 Å². The van der Waals surface area contributed by atoms with Crippen molar-refractivity contribution in [1.29, 1.82) is 0 Å². The predicted molar refractivity (Wildman–Crippen MR) is 107 cm³/mol. The molecule has 0 saturated carbocycles. The summed E-state index contributed by atoms with van der Waals surface area (Å²) < 4.78 is 22.4. The molecule has 1 aromatic rings. The first kappa shape index (κ1) is 22.9. The fraction of sp³-hybridized carbons (Fsp3) is 0.611. The van der Waals surface area contributed by atoms with Crippen molar-refractivity contribution < 1.29 is 13.2 Å². The lowest BCUT2D eigenvalue weighted by Crippen LogP contribution is -2.49. The van der Waals surface area contributed by atoms with E-state index in [4.69, 9.17) is 5.73 Å². The first-order chi connectivity index (χ1) is 11.8. The van der Waals surface area contributed by atoms with Gasteiger partial charge in [0.2, 0.25) is 5.91 Å². The number of sulfone groups is 1. The SMILES string of the molecule is CS(=O)(=O)CCC(N)C(=O)NCC1CCCCN1Cc1ccccc1.Cl. The van der Waals surface area contributed by atoms with Crippen LogP contribution in [0.5, 0.6) is 0 Å². The van der Waals surface area contributed by atoms with Gasteiger partial charge in [-0.3, -0.25) is 9.69 Å². The van der Waals surface area contributed by atoms with Crippen LogP contribution in [0.25, 0.3) is 0 Å². The number of rotatable bonds is 8. The van der Waals surface area contributed by atoms with Crippen LogP contribution in [-0.4, -0.2) is 56.4 Å². The number of carbonyl (C=O) groups is 1. The Balaban J connectivity index is 0.00000338. The highest BCUT2D eigenvalue weighted by Gasteiger charge is 2.24. The minimum Gasteiger partial charge on any atom is -0.353 e. The van der Waals surface area contributed by atoms with Crippen molar-refractivity contribution in [3.8, 4) is 0 Å². The summed E-state index contributed by atoms with van der Waals surface area (Å²) in [5, 5.41) is 2.90. The number of nitrogens with two attached hydrogens (primary N) is 1. The number of nitrogens with one attached hydrogen (secondary N) is 1. The van der Waals surface area contributed by atoms with Crippen molar-refractivity contribution in [1.82, 2.24) is 10.2 Å². The number of amides is 1. The van der Waals surface area contributed by atoms with E-state index in [2.05, 4.69) is 22.3 Å². The zero-order chi connectivity index (χ0) is 18.3. The summed E-state index contributed by atoms with van der Waals surface area (Å²) in [4.78, 5) is 14.5. The third-order valence-corrected chi connectivity index (χ3v) is 5.60. The highest BCUT2D eigenvalue weighted by molar-refractivity contribution is 7.90. The van der Waals surface area contributed by atoms with Gasteiger partial charge in [0, 0.05) is 25.4 Å². The maximum absolute atomic E-state index is 12.1. The molecule has 0 bridgehead atoms. The molecule has 1 aliphatic heterocycles. The molecular formula is C18H30ClN3O3S. The molecule has 1 heterocycles. The molecule has 0 aliphatic carbocycles. The Morgan fingerprint density at radius 2 is 2.00 bits per heavy atom. The van der Waals surface area contributed by atoms with E-state index in [1.54, 1.807) is 0 Å². The number of benzene rings is 1. The molecule has 1 aliphatic rings. The van der Waals surface area contributed by atoms with Crippen LogP contribution in [0.2, 0.25) is 0 Å². The second-order valence-corrected chi connectivity index (χ2v) is 9.14. The van der Waals surface area contributed by atoms with Crippen LogP contribution in [0.3, 0.4) is 0 Å². The Morgan fingerprint density at radius 1 is 1.31 bits per heavy atom. The van der Waals surface area contributed by atoms with Gasteiger partial charge in [-0.1, -0.05) is 36.8 Å².